The molecule has 0 saturated heterocycles. The lowest BCUT2D eigenvalue weighted by Crippen LogP contribution is -2.37. The number of hydrogen-bond acceptors (Lipinski definition) is 3. The third-order valence-electron chi connectivity index (χ3n) is 7.89. The summed E-state index contributed by atoms with van der Waals surface area (Å²) in [5.74, 6) is 0.777. The summed E-state index contributed by atoms with van der Waals surface area (Å²) >= 11 is 0. The summed E-state index contributed by atoms with van der Waals surface area (Å²) in [6, 6.07) is 10.2. The largest absolute Gasteiger partial charge is 0.355 e. The number of aromatic nitrogens is 1. The van der Waals surface area contributed by atoms with Crippen molar-refractivity contribution in [3.05, 3.63) is 81.8 Å². The fourth-order valence-electron chi connectivity index (χ4n) is 6.00. The van der Waals surface area contributed by atoms with Crippen LogP contribution in [0, 0.1) is 23.2 Å². The van der Waals surface area contributed by atoms with Crippen molar-refractivity contribution in [2.24, 2.45) is 23.2 Å². The molecule has 0 unspecified atom stereocenters. The van der Waals surface area contributed by atoms with Gasteiger partial charge in [0.1, 0.15) is 11.1 Å². The normalized spacial score (nSPS) is 23.6. The molecule has 1 heterocycles. The van der Waals surface area contributed by atoms with Crippen molar-refractivity contribution in [2.75, 3.05) is 13.6 Å². The summed E-state index contributed by atoms with van der Waals surface area (Å²) in [6.07, 6.45) is 13.3. The van der Waals surface area contributed by atoms with Crippen LogP contribution in [0.3, 0.4) is 0 Å². The number of amides is 2. The number of benzene rings is 1. The summed E-state index contributed by atoms with van der Waals surface area (Å²) in [5, 5.41) is 5.52. The molecule has 2 bridgehead atoms. The van der Waals surface area contributed by atoms with Gasteiger partial charge >= 0.3 is 0 Å². The first-order valence-corrected chi connectivity index (χ1v) is 12.0. The van der Waals surface area contributed by atoms with E-state index in [1.807, 2.05) is 18.2 Å². The van der Waals surface area contributed by atoms with E-state index in [4.69, 9.17) is 0 Å². The van der Waals surface area contributed by atoms with Gasteiger partial charge in [-0.15, -0.1) is 0 Å². The summed E-state index contributed by atoms with van der Waals surface area (Å²) in [5.41, 5.74) is 1.23. The first kappa shape index (κ1) is 21.7. The Morgan fingerprint density at radius 3 is 2.45 bits per heavy atom. The molecule has 1 spiro atoms. The topological polar surface area (TPSA) is 80.2 Å². The average Bonchev–Trinajstić information content (AvgIpc) is 3.51. The van der Waals surface area contributed by atoms with Gasteiger partial charge in [0.2, 0.25) is 5.43 Å². The molecule has 0 aliphatic heterocycles. The van der Waals surface area contributed by atoms with Gasteiger partial charge in [-0.25, -0.2) is 0 Å². The number of rotatable bonds is 8. The lowest BCUT2D eigenvalue weighted by Gasteiger charge is -2.20. The molecule has 3 atom stereocenters. The summed E-state index contributed by atoms with van der Waals surface area (Å²) in [4.78, 5) is 38.3. The maximum atomic E-state index is 13.0. The molecule has 6 nitrogen and oxygen atoms in total. The lowest BCUT2D eigenvalue weighted by atomic mass is 9.89. The molecule has 2 amide bonds. The highest BCUT2D eigenvalue weighted by Gasteiger charge is 2.62. The van der Waals surface area contributed by atoms with Gasteiger partial charge in [-0.05, 0) is 60.8 Å². The number of carbonyl (C=O) groups excluding carboxylic acids is 2. The van der Waals surface area contributed by atoms with Crippen molar-refractivity contribution in [1.29, 1.82) is 0 Å². The number of nitrogens with zero attached hydrogens (tertiary/aromatic N) is 1. The number of carbonyl (C=O) groups is 2. The van der Waals surface area contributed by atoms with E-state index in [1.54, 1.807) is 17.0 Å². The predicted molar refractivity (Wildman–Crippen MR) is 127 cm³/mol. The predicted octanol–water partition coefficient (Wildman–Crippen LogP) is 3.17. The molecule has 2 N–H and O–H groups in total. The molecule has 1 aromatic heterocycles. The second kappa shape index (κ2) is 8.65. The Hall–Kier alpha value is -3.15. The van der Waals surface area contributed by atoms with Crippen molar-refractivity contribution in [1.82, 2.24) is 15.2 Å². The molecule has 3 aliphatic rings. The van der Waals surface area contributed by atoms with E-state index >= 15 is 0 Å². The van der Waals surface area contributed by atoms with Crippen LogP contribution in [0.4, 0.5) is 0 Å². The quantitative estimate of drug-likeness (QED) is 0.613. The van der Waals surface area contributed by atoms with Gasteiger partial charge < -0.3 is 15.2 Å². The maximum absolute atomic E-state index is 13.0. The minimum Gasteiger partial charge on any atom is -0.355 e. The Morgan fingerprint density at radius 1 is 1.06 bits per heavy atom. The Bertz CT molecular complexity index is 1150. The standard InChI is InChI=1S/C27H31N3O3/c1-28-25(32)21-16-30(13-5-8-18-6-3-2-4-7-18)17-22(24(21)31)26(33)29-15-19-14-20-9-10-23(19)27(20)11-12-27/h2-4,6-7,9-10,16-17,19-20,23H,5,8,11-15H2,1H3,(H,28,32)(H,29,33)/t19-,20+,23+/m0/s1. The monoisotopic (exact) mass is 445 g/mol. The van der Waals surface area contributed by atoms with Gasteiger partial charge in [0.05, 0.1) is 0 Å². The number of pyridine rings is 1. The lowest BCUT2D eigenvalue weighted by molar-refractivity contribution is 0.0942. The SMILES string of the molecule is CNC(=O)c1cn(CCCc2ccccc2)cc(C(=O)NC[C@@H]2C[C@H]3C=C[C@H]2C32CC2)c1=O. The molecule has 172 valence electrons. The van der Waals surface area contributed by atoms with Gasteiger partial charge in [0.25, 0.3) is 11.8 Å². The molecule has 2 fully saturated rings. The molecule has 6 heteroatoms. The van der Waals surface area contributed by atoms with Crippen LogP contribution in [0.5, 0.6) is 0 Å². The maximum Gasteiger partial charge on any atom is 0.256 e. The highest BCUT2D eigenvalue weighted by molar-refractivity contribution is 5.99. The Kier molecular flexibility index (Phi) is 5.69. The van der Waals surface area contributed by atoms with E-state index in [0.717, 1.165) is 19.3 Å². The van der Waals surface area contributed by atoms with Gasteiger partial charge in [-0.1, -0.05) is 42.5 Å². The van der Waals surface area contributed by atoms with E-state index < -0.39 is 11.3 Å². The van der Waals surface area contributed by atoms with Crippen LogP contribution in [0.2, 0.25) is 0 Å². The summed E-state index contributed by atoms with van der Waals surface area (Å²) in [7, 11) is 1.49. The first-order valence-electron chi connectivity index (χ1n) is 12.0. The van der Waals surface area contributed by atoms with Crippen molar-refractivity contribution >= 4 is 11.8 Å². The number of aryl methyl sites for hydroxylation is 2. The molecule has 5 rings (SSSR count). The Morgan fingerprint density at radius 2 is 1.79 bits per heavy atom. The second-order valence-electron chi connectivity index (χ2n) is 9.78. The van der Waals surface area contributed by atoms with Crippen molar-refractivity contribution in [3.8, 4) is 0 Å². The first-order chi connectivity index (χ1) is 16.0. The molecule has 1 aromatic carbocycles. The van der Waals surface area contributed by atoms with E-state index in [0.29, 0.717) is 36.3 Å². The molecule has 3 aliphatic carbocycles. The minimum absolute atomic E-state index is 0.00431. The fraction of sp³-hybridized carbons (Fsp3) is 0.444. The summed E-state index contributed by atoms with van der Waals surface area (Å²) in [6.45, 7) is 1.18. The van der Waals surface area contributed by atoms with Crippen LogP contribution in [0.25, 0.3) is 0 Å². The van der Waals surface area contributed by atoms with Crippen molar-refractivity contribution in [2.45, 2.75) is 38.6 Å². The van der Waals surface area contributed by atoms with Gasteiger partial charge in [0.15, 0.2) is 0 Å². The van der Waals surface area contributed by atoms with Crippen LogP contribution in [0.15, 0.2) is 59.7 Å². The molecule has 0 radical (unpaired) electrons. The number of hydrogen-bond donors (Lipinski definition) is 2. The smallest absolute Gasteiger partial charge is 0.256 e. The molecular weight excluding hydrogens is 414 g/mol. The van der Waals surface area contributed by atoms with Gasteiger partial charge in [-0.2, -0.15) is 0 Å². The van der Waals surface area contributed by atoms with Crippen molar-refractivity contribution < 1.29 is 9.59 Å². The Labute approximate surface area is 194 Å². The Balaban J connectivity index is 1.29. The highest BCUT2D eigenvalue weighted by Crippen LogP contribution is 2.69. The molecule has 2 saturated carbocycles. The van der Waals surface area contributed by atoms with Crippen LogP contribution in [-0.2, 0) is 13.0 Å². The molecule has 2 aromatic rings. The second-order valence-corrected chi connectivity index (χ2v) is 9.78. The van der Waals surface area contributed by atoms with Crippen LogP contribution < -0.4 is 16.1 Å². The zero-order valence-electron chi connectivity index (χ0n) is 19.0. The van der Waals surface area contributed by atoms with E-state index in [1.165, 1.54) is 25.5 Å². The third-order valence-corrected chi connectivity index (χ3v) is 7.89. The van der Waals surface area contributed by atoms with Crippen molar-refractivity contribution in [3.63, 3.8) is 0 Å². The zero-order valence-corrected chi connectivity index (χ0v) is 19.0. The van der Waals surface area contributed by atoms with E-state index in [2.05, 4.69) is 34.9 Å². The average molecular weight is 446 g/mol. The van der Waals surface area contributed by atoms with Crippen LogP contribution in [0.1, 0.15) is 52.0 Å². The zero-order chi connectivity index (χ0) is 23.0. The molecular formula is C27H31N3O3. The van der Waals surface area contributed by atoms with Gasteiger partial charge in [-0.3, -0.25) is 14.4 Å². The van der Waals surface area contributed by atoms with Crippen LogP contribution >= 0.6 is 0 Å². The van der Waals surface area contributed by atoms with Crippen LogP contribution in [-0.4, -0.2) is 30.0 Å². The third kappa shape index (κ3) is 4.03. The van der Waals surface area contributed by atoms with E-state index in [-0.39, 0.29) is 17.0 Å². The van der Waals surface area contributed by atoms with E-state index in [9.17, 15) is 14.4 Å². The van der Waals surface area contributed by atoms with Gasteiger partial charge in [0, 0.05) is 32.5 Å². The highest BCUT2D eigenvalue weighted by atomic mass is 16.2. The molecule has 33 heavy (non-hydrogen) atoms. The minimum atomic E-state index is -0.516. The number of allylic oxidation sites excluding steroid dienone is 2. The number of nitrogens with one attached hydrogen (secondary N) is 2. The fourth-order valence-corrected chi connectivity index (χ4v) is 6.00. The summed E-state index contributed by atoms with van der Waals surface area (Å²) < 4.78 is 1.79.